The van der Waals surface area contributed by atoms with Gasteiger partial charge in [-0.25, -0.2) is 0 Å². The van der Waals surface area contributed by atoms with Crippen molar-refractivity contribution in [1.82, 2.24) is 4.98 Å². The van der Waals surface area contributed by atoms with E-state index in [2.05, 4.69) is 46.1 Å². The van der Waals surface area contributed by atoms with Crippen molar-refractivity contribution in [1.29, 1.82) is 0 Å². The summed E-state index contributed by atoms with van der Waals surface area (Å²) in [5.74, 6) is 0. The molecular weight excluding hydrogens is 236 g/mol. The average molecular weight is 254 g/mol. The minimum absolute atomic E-state index is 0.811. The second-order valence-corrected chi connectivity index (χ2v) is 4.73. The summed E-state index contributed by atoms with van der Waals surface area (Å²) < 4.78 is 0. The zero-order chi connectivity index (χ0) is 13.8. The van der Waals surface area contributed by atoms with Gasteiger partial charge in [-0.05, 0) is 49.2 Å². The summed E-state index contributed by atoms with van der Waals surface area (Å²) >= 11 is 0. The summed E-state index contributed by atoms with van der Waals surface area (Å²) in [6, 6.07) is 7.91. The molecule has 0 atom stereocenters. The summed E-state index contributed by atoms with van der Waals surface area (Å²) in [7, 11) is 4.07. The lowest BCUT2D eigenvalue weighted by atomic mass is 10.1. The molecule has 0 N–H and O–H groups in total. The monoisotopic (exact) mass is 254 g/mol. The van der Waals surface area contributed by atoms with Gasteiger partial charge in [0.05, 0.1) is 11.4 Å². The van der Waals surface area contributed by atoms with E-state index in [9.17, 15) is 0 Å². The zero-order valence-corrected chi connectivity index (χ0v) is 11.8. The largest absolute Gasteiger partial charge is 0.378 e. The van der Waals surface area contributed by atoms with Gasteiger partial charge in [-0.1, -0.05) is 0 Å². The molecule has 19 heavy (non-hydrogen) atoms. The number of anilines is 1. The molecule has 4 nitrogen and oxygen atoms in total. The molecule has 0 radical (unpaired) electrons. The van der Waals surface area contributed by atoms with Gasteiger partial charge in [-0.2, -0.15) is 10.2 Å². The number of azo groups is 1. The van der Waals surface area contributed by atoms with Crippen molar-refractivity contribution >= 4 is 17.1 Å². The maximum atomic E-state index is 4.35. The Kier molecular flexibility index (Phi) is 3.90. The zero-order valence-electron chi connectivity index (χ0n) is 11.8. The number of hydrogen-bond acceptors (Lipinski definition) is 4. The van der Waals surface area contributed by atoms with Gasteiger partial charge < -0.3 is 4.90 Å². The van der Waals surface area contributed by atoms with E-state index < -0.39 is 0 Å². The van der Waals surface area contributed by atoms with Crippen molar-refractivity contribution in [3.63, 3.8) is 0 Å². The lowest BCUT2D eigenvalue weighted by molar-refractivity contribution is 1.11. The van der Waals surface area contributed by atoms with Crippen LogP contribution in [0, 0.1) is 13.8 Å². The Morgan fingerprint density at radius 3 is 2.05 bits per heavy atom. The lowest BCUT2D eigenvalue weighted by Gasteiger charge is -2.15. The van der Waals surface area contributed by atoms with Crippen LogP contribution in [-0.2, 0) is 0 Å². The standard InChI is InChI=1S/C15H18N4/c1-11-9-14(19(3)4)10-12(2)15(11)18-17-13-5-7-16-8-6-13/h5-10H,1-4H3/b18-17+. The third-order valence-corrected chi connectivity index (χ3v) is 2.92. The van der Waals surface area contributed by atoms with Crippen LogP contribution < -0.4 is 4.90 Å². The topological polar surface area (TPSA) is 40.9 Å². The van der Waals surface area contributed by atoms with Crippen molar-refractivity contribution < 1.29 is 0 Å². The number of pyridine rings is 1. The van der Waals surface area contributed by atoms with Crippen LogP contribution in [-0.4, -0.2) is 19.1 Å². The first-order valence-corrected chi connectivity index (χ1v) is 6.18. The Labute approximate surface area is 113 Å². The van der Waals surface area contributed by atoms with Gasteiger partial charge in [0.25, 0.3) is 0 Å². The molecule has 1 heterocycles. The lowest BCUT2D eigenvalue weighted by Crippen LogP contribution is -2.08. The SMILES string of the molecule is Cc1cc(N(C)C)cc(C)c1/N=N/c1ccncc1. The minimum Gasteiger partial charge on any atom is -0.378 e. The van der Waals surface area contributed by atoms with Crippen LogP contribution in [0.5, 0.6) is 0 Å². The van der Waals surface area contributed by atoms with E-state index in [1.807, 2.05) is 26.2 Å². The Morgan fingerprint density at radius 1 is 0.947 bits per heavy atom. The Hall–Kier alpha value is -2.23. The fourth-order valence-corrected chi connectivity index (χ4v) is 1.87. The first-order chi connectivity index (χ1) is 9.08. The summed E-state index contributed by atoms with van der Waals surface area (Å²) in [4.78, 5) is 6.05. The molecule has 0 saturated heterocycles. The molecule has 0 aliphatic rings. The van der Waals surface area contributed by atoms with Gasteiger partial charge in [-0.3, -0.25) is 4.98 Å². The van der Waals surface area contributed by atoms with E-state index in [1.54, 1.807) is 12.4 Å². The number of rotatable bonds is 3. The third-order valence-electron chi connectivity index (χ3n) is 2.92. The Balaban J connectivity index is 2.33. The maximum absolute atomic E-state index is 4.35. The molecule has 0 spiro atoms. The predicted octanol–water partition coefficient (Wildman–Crippen LogP) is 4.18. The van der Waals surface area contributed by atoms with Gasteiger partial charge in [0.15, 0.2) is 0 Å². The molecule has 2 aromatic rings. The van der Waals surface area contributed by atoms with Crippen LogP contribution in [0.25, 0.3) is 0 Å². The number of aromatic nitrogens is 1. The van der Waals surface area contributed by atoms with E-state index in [1.165, 1.54) is 5.69 Å². The third kappa shape index (κ3) is 3.16. The van der Waals surface area contributed by atoms with E-state index in [-0.39, 0.29) is 0 Å². The van der Waals surface area contributed by atoms with Crippen molar-refractivity contribution in [2.45, 2.75) is 13.8 Å². The quantitative estimate of drug-likeness (QED) is 0.771. The minimum atomic E-state index is 0.811. The molecule has 98 valence electrons. The molecular formula is C15H18N4. The highest BCUT2D eigenvalue weighted by atomic mass is 15.1. The summed E-state index contributed by atoms with van der Waals surface area (Å²) in [6.45, 7) is 4.11. The fourth-order valence-electron chi connectivity index (χ4n) is 1.87. The molecule has 0 aliphatic heterocycles. The second-order valence-electron chi connectivity index (χ2n) is 4.73. The number of aryl methyl sites for hydroxylation is 2. The van der Waals surface area contributed by atoms with Crippen molar-refractivity contribution in [2.24, 2.45) is 10.2 Å². The predicted molar refractivity (Wildman–Crippen MR) is 78.7 cm³/mol. The van der Waals surface area contributed by atoms with Gasteiger partial charge in [0, 0.05) is 32.2 Å². The molecule has 1 aromatic heterocycles. The van der Waals surface area contributed by atoms with Gasteiger partial charge in [0.2, 0.25) is 0 Å². The Morgan fingerprint density at radius 2 is 1.53 bits per heavy atom. The maximum Gasteiger partial charge on any atom is 0.0916 e. The number of benzene rings is 1. The molecule has 0 unspecified atom stereocenters. The smallest absolute Gasteiger partial charge is 0.0916 e. The molecule has 0 bridgehead atoms. The highest BCUT2D eigenvalue weighted by Gasteiger charge is 2.05. The van der Waals surface area contributed by atoms with E-state index in [0.29, 0.717) is 0 Å². The number of nitrogens with zero attached hydrogens (tertiary/aromatic N) is 4. The Bertz CT molecular complexity index is 565. The molecule has 0 aliphatic carbocycles. The summed E-state index contributed by atoms with van der Waals surface area (Å²) in [5, 5.41) is 8.60. The molecule has 4 heteroatoms. The first-order valence-electron chi connectivity index (χ1n) is 6.18. The van der Waals surface area contributed by atoms with Crippen LogP contribution in [0.1, 0.15) is 11.1 Å². The van der Waals surface area contributed by atoms with E-state index >= 15 is 0 Å². The van der Waals surface area contributed by atoms with Crippen LogP contribution in [0.2, 0.25) is 0 Å². The van der Waals surface area contributed by atoms with Gasteiger partial charge >= 0.3 is 0 Å². The molecule has 0 saturated carbocycles. The van der Waals surface area contributed by atoms with Crippen LogP contribution >= 0.6 is 0 Å². The first kappa shape index (κ1) is 13.2. The fraction of sp³-hybridized carbons (Fsp3) is 0.267. The van der Waals surface area contributed by atoms with Crippen LogP contribution in [0.3, 0.4) is 0 Å². The van der Waals surface area contributed by atoms with Crippen molar-refractivity contribution in [3.8, 4) is 0 Å². The van der Waals surface area contributed by atoms with Gasteiger partial charge in [0.1, 0.15) is 0 Å². The van der Waals surface area contributed by atoms with E-state index in [4.69, 9.17) is 0 Å². The highest BCUT2D eigenvalue weighted by Crippen LogP contribution is 2.29. The second kappa shape index (κ2) is 5.61. The van der Waals surface area contributed by atoms with E-state index in [0.717, 1.165) is 22.5 Å². The molecule has 1 aromatic carbocycles. The van der Waals surface area contributed by atoms with Gasteiger partial charge in [-0.15, -0.1) is 0 Å². The number of hydrogen-bond donors (Lipinski definition) is 0. The highest BCUT2D eigenvalue weighted by molar-refractivity contribution is 5.61. The molecule has 0 fully saturated rings. The molecule has 2 rings (SSSR count). The van der Waals surface area contributed by atoms with Crippen LogP contribution in [0.15, 0.2) is 46.9 Å². The van der Waals surface area contributed by atoms with Crippen molar-refractivity contribution in [2.75, 3.05) is 19.0 Å². The summed E-state index contributed by atoms with van der Waals surface area (Å²) in [5.41, 5.74) is 5.17. The summed E-state index contributed by atoms with van der Waals surface area (Å²) in [6.07, 6.45) is 3.42. The van der Waals surface area contributed by atoms with Crippen molar-refractivity contribution in [3.05, 3.63) is 47.8 Å². The molecule has 0 amide bonds. The van der Waals surface area contributed by atoms with Crippen LogP contribution in [0.4, 0.5) is 17.1 Å². The average Bonchev–Trinajstić information content (AvgIpc) is 2.38. The normalized spacial score (nSPS) is 10.9.